The molecule has 0 bridgehead atoms. The van der Waals surface area contributed by atoms with Crippen LogP contribution >= 0.6 is 11.6 Å². The summed E-state index contributed by atoms with van der Waals surface area (Å²) in [6.07, 6.45) is 0. The van der Waals surface area contributed by atoms with E-state index in [0.29, 0.717) is 18.1 Å². The average molecular weight is 349 g/mol. The minimum Gasteiger partial charge on any atom is -0.497 e. The highest BCUT2D eigenvalue weighted by Crippen LogP contribution is 2.25. The lowest BCUT2D eigenvalue weighted by atomic mass is 10.1. The van der Waals surface area contributed by atoms with Crippen molar-refractivity contribution in [1.29, 1.82) is 0 Å². The van der Waals surface area contributed by atoms with E-state index in [-0.39, 0.29) is 11.9 Å². The van der Waals surface area contributed by atoms with Crippen LogP contribution in [-0.4, -0.2) is 47.2 Å². The summed E-state index contributed by atoms with van der Waals surface area (Å²) in [5.41, 5.74) is 2.52. The smallest absolute Gasteiger partial charge is 0.244 e. The maximum absolute atomic E-state index is 12.8. The molecule has 1 aliphatic heterocycles. The third-order valence-electron chi connectivity index (χ3n) is 4.46. The number of aromatic nitrogens is 2. The first-order valence-electron chi connectivity index (χ1n) is 7.90. The van der Waals surface area contributed by atoms with E-state index in [0.717, 1.165) is 29.4 Å². The molecular weight excluding hydrogens is 328 g/mol. The van der Waals surface area contributed by atoms with Gasteiger partial charge in [0.05, 0.1) is 29.6 Å². The number of amides is 1. The average Bonchev–Trinajstić information content (AvgIpc) is 2.91. The molecule has 0 saturated carbocycles. The Kier molecular flexibility index (Phi) is 4.78. The first-order chi connectivity index (χ1) is 11.5. The highest BCUT2D eigenvalue weighted by Gasteiger charge is 2.33. The van der Waals surface area contributed by atoms with Crippen LogP contribution < -0.4 is 9.64 Å². The summed E-state index contributed by atoms with van der Waals surface area (Å²) in [4.78, 5) is 16.7. The minimum absolute atomic E-state index is 0.0785. The molecule has 0 aliphatic carbocycles. The monoisotopic (exact) mass is 348 g/mol. The van der Waals surface area contributed by atoms with Crippen molar-refractivity contribution in [2.75, 3.05) is 25.1 Å². The highest BCUT2D eigenvalue weighted by molar-refractivity contribution is 6.31. The zero-order valence-corrected chi connectivity index (χ0v) is 14.8. The number of nitrogens with zero attached hydrogens (tertiary/aromatic N) is 3. The van der Waals surface area contributed by atoms with Crippen molar-refractivity contribution in [3.8, 4) is 5.75 Å². The van der Waals surface area contributed by atoms with Gasteiger partial charge in [-0.1, -0.05) is 11.6 Å². The molecule has 1 atom stereocenters. The Balaban J connectivity index is 1.72. The molecule has 1 fully saturated rings. The number of piperazine rings is 1. The summed E-state index contributed by atoms with van der Waals surface area (Å²) in [7, 11) is 1.63. The van der Waals surface area contributed by atoms with E-state index in [1.54, 1.807) is 7.11 Å². The Labute approximate surface area is 146 Å². The fourth-order valence-corrected chi connectivity index (χ4v) is 3.06. The van der Waals surface area contributed by atoms with Crippen molar-refractivity contribution in [2.45, 2.75) is 26.4 Å². The molecule has 24 heavy (non-hydrogen) atoms. The van der Waals surface area contributed by atoms with Gasteiger partial charge >= 0.3 is 0 Å². The van der Waals surface area contributed by atoms with Crippen LogP contribution in [0.15, 0.2) is 24.3 Å². The molecule has 1 N–H and O–H groups in total. The Morgan fingerprint density at radius 2 is 2.04 bits per heavy atom. The highest BCUT2D eigenvalue weighted by atomic mass is 35.5. The van der Waals surface area contributed by atoms with Gasteiger partial charge in [0.25, 0.3) is 0 Å². The van der Waals surface area contributed by atoms with Gasteiger partial charge in [-0.15, -0.1) is 0 Å². The van der Waals surface area contributed by atoms with Gasteiger partial charge in [0.15, 0.2) is 0 Å². The molecule has 2 heterocycles. The second-order valence-electron chi connectivity index (χ2n) is 5.94. The number of hydrogen-bond donors (Lipinski definition) is 1. The molecule has 1 aliphatic rings. The van der Waals surface area contributed by atoms with Crippen molar-refractivity contribution < 1.29 is 9.53 Å². The number of carbonyl (C=O) groups excluding carboxylic acids is 1. The molecule has 1 aromatic heterocycles. The number of anilines is 1. The molecule has 3 rings (SSSR count). The van der Waals surface area contributed by atoms with E-state index < -0.39 is 0 Å². The Bertz CT molecular complexity index is 729. The molecule has 6 nitrogen and oxygen atoms in total. The van der Waals surface area contributed by atoms with Crippen LogP contribution in [0.4, 0.5) is 5.69 Å². The summed E-state index contributed by atoms with van der Waals surface area (Å²) in [5.74, 6) is 0.858. The van der Waals surface area contributed by atoms with Gasteiger partial charge in [-0.25, -0.2) is 0 Å². The van der Waals surface area contributed by atoms with Gasteiger partial charge < -0.3 is 9.64 Å². The van der Waals surface area contributed by atoms with Gasteiger partial charge in [-0.3, -0.25) is 14.8 Å². The maximum Gasteiger partial charge on any atom is 0.244 e. The minimum atomic E-state index is -0.228. The molecule has 0 unspecified atom stereocenters. The predicted molar refractivity (Wildman–Crippen MR) is 93.6 cm³/mol. The number of nitrogens with one attached hydrogen (secondary N) is 1. The van der Waals surface area contributed by atoms with Crippen LogP contribution in [0.1, 0.15) is 18.3 Å². The SMILES string of the molecule is COc1ccc(N2CCN(Cc3n[nH]c(C)c3Cl)[C@@H](C)C2=O)cc1. The number of benzene rings is 1. The van der Waals surface area contributed by atoms with Crippen LogP contribution in [-0.2, 0) is 11.3 Å². The predicted octanol–water partition coefficient (Wildman–Crippen LogP) is 2.62. The van der Waals surface area contributed by atoms with Crippen LogP contribution in [0.25, 0.3) is 0 Å². The number of aryl methyl sites for hydroxylation is 1. The molecule has 0 radical (unpaired) electrons. The van der Waals surface area contributed by atoms with Crippen molar-refractivity contribution in [2.24, 2.45) is 0 Å². The number of rotatable bonds is 4. The third-order valence-corrected chi connectivity index (χ3v) is 4.96. The lowest BCUT2D eigenvalue weighted by Gasteiger charge is -2.38. The molecule has 0 spiro atoms. The zero-order chi connectivity index (χ0) is 17.3. The Morgan fingerprint density at radius 3 is 2.62 bits per heavy atom. The molecule has 1 saturated heterocycles. The second-order valence-corrected chi connectivity index (χ2v) is 6.32. The van der Waals surface area contributed by atoms with E-state index >= 15 is 0 Å². The summed E-state index contributed by atoms with van der Waals surface area (Å²) in [6, 6.07) is 7.33. The standard InChI is InChI=1S/C17H21ClN4O2/c1-11-16(18)15(20-19-11)10-21-8-9-22(17(23)12(21)2)13-4-6-14(24-3)7-5-13/h4-7,12H,8-10H2,1-3H3,(H,19,20)/t12-/m0/s1. The summed E-state index contributed by atoms with van der Waals surface area (Å²) in [5, 5.41) is 7.76. The van der Waals surface area contributed by atoms with Gasteiger partial charge in [-0.2, -0.15) is 5.10 Å². The lowest BCUT2D eigenvalue weighted by Crippen LogP contribution is -2.55. The molecule has 1 amide bonds. The summed E-state index contributed by atoms with van der Waals surface area (Å²) in [6.45, 7) is 5.77. The number of ether oxygens (including phenoxy) is 1. The van der Waals surface area contributed by atoms with E-state index in [1.807, 2.05) is 43.0 Å². The number of H-pyrrole nitrogens is 1. The first kappa shape index (κ1) is 16.8. The zero-order valence-electron chi connectivity index (χ0n) is 14.0. The third kappa shape index (κ3) is 3.12. The van der Waals surface area contributed by atoms with E-state index in [9.17, 15) is 4.79 Å². The van der Waals surface area contributed by atoms with Gasteiger partial charge in [0.2, 0.25) is 5.91 Å². The summed E-state index contributed by atoms with van der Waals surface area (Å²) < 4.78 is 5.17. The van der Waals surface area contributed by atoms with Crippen molar-refractivity contribution in [3.63, 3.8) is 0 Å². The van der Waals surface area contributed by atoms with E-state index in [2.05, 4.69) is 15.1 Å². The van der Waals surface area contributed by atoms with Crippen LogP contribution in [0, 0.1) is 6.92 Å². The van der Waals surface area contributed by atoms with Gasteiger partial charge in [-0.05, 0) is 38.1 Å². The van der Waals surface area contributed by atoms with E-state index in [1.165, 1.54) is 0 Å². The quantitative estimate of drug-likeness (QED) is 0.922. The van der Waals surface area contributed by atoms with Crippen molar-refractivity contribution in [3.05, 3.63) is 40.7 Å². The van der Waals surface area contributed by atoms with Crippen LogP contribution in [0.3, 0.4) is 0 Å². The maximum atomic E-state index is 12.8. The van der Waals surface area contributed by atoms with Gasteiger partial charge in [0, 0.05) is 25.3 Å². The number of aromatic amines is 1. The lowest BCUT2D eigenvalue weighted by molar-refractivity contribution is -0.125. The number of methoxy groups -OCH3 is 1. The Hall–Kier alpha value is -2.05. The summed E-state index contributed by atoms with van der Waals surface area (Å²) >= 11 is 6.24. The van der Waals surface area contributed by atoms with Crippen molar-refractivity contribution in [1.82, 2.24) is 15.1 Å². The fraction of sp³-hybridized carbons (Fsp3) is 0.412. The largest absolute Gasteiger partial charge is 0.497 e. The molecule has 1 aromatic carbocycles. The molecule has 2 aromatic rings. The molecule has 7 heteroatoms. The number of carbonyl (C=O) groups is 1. The van der Waals surface area contributed by atoms with Gasteiger partial charge in [0.1, 0.15) is 5.75 Å². The Morgan fingerprint density at radius 1 is 1.33 bits per heavy atom. The normalized spacial score (nSPS) is 18.9. The van der Waals surface area contributed by atoms with E-state index in [4.69, 9.17) is 16.3 Å². The molecular formula is C17H21ClN4O2. The van der Waals surface area contributed by atoms with Crippen LogP contribution in [0.5, 0.6) is 5.75 Å². The molecule has 128 valence electrons. The number of hydrogen-bond acceptors (Lipinski definition) is 4. The first-order valence-corrected chi connectivity index (χ1v) is 8.28. The number of halogens is 1. The topological polar surface area (TPSA) is 61.5 Å². The second kappa shape index (κ2) is 6.83. The van der Waals surface area contributed by atoms with Crippen LogP contribution in [0.2, 0.25) is 5.02 Å². The van der Waals surface area contributed by atoms with Crippen molar-refractivity contribution >= 4 is 23.2 Å². The fourth-order valence-electron chi connectivity index (χ4n) is 2.91.